The molecule has 2 nitrogen and oxygen atoms in total. The SMILES string of the molecule is CC(C)c1cc(-c2nccc3c4cccc5c6c(CC(C)(C)C(F)(F)F)cccc6n(c23)c45)cc2ccccc12. The number of rotatable bonds is 4. The topological polar surface area (TPSA) is 17.3 Å². The Balaban J connectivity index is 1.59. The van der Waals surface area contributed by atoms with E-state index in [4.69, 9.17) is 4.98 Å². The van der Waals surface area contributed by atoms with Crippen molar-refractivity contribution in [1.29, 1.82) is 0 Å². The Labute approximate surface area is 230 Å². The number of pyridine rings is 1. The smallest absolute Gasteiger partial charge is 0.306 e. The molecule has 0 aliphatic carbocycles. The third-order valence-corrected chi connectivity index (χ3v) is 8.53. The van der Waals surface area contributed by atoms with Crippen LogP contribution in [0.2, 0.25) is 0 Å². The minimum atomic E-state index is -4.30. The summed E-state index contributed by atoms with van der Waals surface area (Å²) in [6, 6.07) is 26.8. The fraction of sp³-hybridized carbons (Fsp3) is 0.229. The van der Waals surface area contributed by atoms with Crippen LogP contribution in [0.3, 0.4) is 0 Å². The van der Waals surface area contributed by atoms with Crippen LogP contribution >= 0.6 is 0 Å². The molecule has 0 spiro atoms. The molecule has 0 N–H and O–H groups in total. The first-order valence-corrected chi connectivity index (χ1v) is 13.7. The van der Waals surface area contributed by atoms with E-state index in [-0.39, 0.29) is 6.42 Å². The van der Waals surface area contributed by atoms with Crippen LogP contribution in [0.15, 0.2) is 85.1 Å². The van der Waals surface area contributed by atoms with Gasteiger partial charge >= 0.3 is 6.18 Å². The first kappa shape index (κ1) is 24.9. The van der Waals surface area contributed by atoms with Crippen LogP contribution < -0.4 is 0 Å². The summed E-state index contributed by atoms with van der Waals surface area (Å²) in [4.78, 5) is 4.93. The van der Waals surface area contributed by atoms with E-state index < -0.39 is 11.6 Å². The van der Waals surface area contributed by atoms with Crippen molar-refractivity contribution in [3.8, 4) is 11.3 Å². The summed E-state index contributed by atoms with van der Waals surface area (Å²) < 4.78 is 44.0. The first-order chi connectivity index (χ1) is 19.1. The Morgan fingerprint density at radius 2 is 1.48 bits per heavy atom. The summed E-state index contributed by atoms with van der Waals surface area (Å²) in [5.74, 6) is 0.331. The molecule has 3 aromatic heterocycles. The summed E-state index contributed by atoms with van der Waals surface area (Å²) in [7, 11) is 0. The molecule has 7 aromatic rings. The monoisotopic (exact) mass is 534 g/mol. The molecular weight excluding hydrogens is 505 g/mol. The van der Waals surface area contributed by atoms with Crippen LogP contribution in [0.4, 0.5) is 13.2 Å². The second-order valence-electron chi connectivity index (χ2n) is 11.9. The van der Waals surface area contributed by atoms with E-state index in [1.165, 1.54) is 24.8 Å². The van der Waals surface area contributed by atoms with Crippen LogP contribution in [-0.2, 0) is 6.42 Å². The van der Waals surface area contributed by atoms with Gasteiger partial charge in [0.25, 0.3) is 0 Å². The van der Waals surface area contributed by atoms with Gasteiger partial charge < -0.3 is 4.40 Å². The molecule has 7 rings (SSSR count). The molecule has 200 valence electrons. The van der Waals surface area contributed by atoms with Gasteiger partial charge in [0.15, 0.2) is 0 Å². The number of benzene rings is 4. The fourth-order valence-electron chi connectivity index (χ4n) is 6.43. The van der Waals surface area contributed by atoms with Gasteiger partial charge in [0, 0.05) is 33.3 Å². The summed E-state index contributed by atoms with van der Waals surface area (Å²) in [6.07, 6.45) is -2.53. The predicted octanol–water partition coefficient (Wildman–Crippen LogP) is 10.3. The van der Waals surface area contributed by atoms with E-state index >= 15 is 0 Å². The van der Waals surface area contributed by atoms with Gasteiger partial charge in [-0.25, -0.2) is 0 Å². The Morgan fingerprint density at radius 1 is 0.775 bits per heavy atom. The van der Waals surface area contributed by atoms with Crippen LogP contribution in [-0.4, -0.2) is 15.6 Å². The van der Waals surface area contributed by atoms with Gasteiger partial charge in [0.1, 0.15) is 0 Å². The molecule has 0 saturated heterocycles. The second-order valence-corrected chi connectivity index (χ2v) is 11.9. The molecule has 0 unspecified atom stereocenters. The van der Waals surface area contributed by atoms with Crippen molar-refractivity contribution in [2.24, 2.45) is 5.41 Å². The molecule has 5 heteroatoms. The highest BCUT2D eigenvalue weighted by molar-refractivity contribution is 6.25. The Hall–Kier alpha value is -4.12. The highest BCUT2D eigenvalue weighted by Gasteiger charge is 2.47. The largest absolute Gasteiger partial charge is 0.394 e. The van der Waals surface area contributed by atoms with E-state index in [0.717, 1.165) is 54.7 Å². The lowest BCUT2D eigenvalue weighted by atomic mass is 9.83. The Kier molecular flexibility index (Phi) is 5.25. The van der Waals surface area contributed by atoms with Gasteiger partial charge in [0.2, 0.25) is 0 Å². The third-order valence-electron chi connectivity index (χ3n) is 8.53. The standard InChI is InChI=1S/C35H29F3N2/c1-20(2)28-18-23(17-21-9-5-6-11-24(21)28)31-33-26(15-16-39-31)25-12-8-13-27-30-22(19-34(3,4)35(36,37)38)10-7-14-29(30)40(33)32(25)27/h5-18,20H,19H2,1-4H3. The number of para-hydroxylation sites is 1. The van der Waals surface area contributed by atoms with Crippen LogP contribution in [0.5, 0.6) is 0 Å². The van der Waals surface area contributed by atoms with Gasteiger partial charge in [-0.1, -0.05) is 82.3 Å². The molecule has 3 heterocycles. The van der Waals surface area contributed by atoms with Gasteiger partial charge in [-0.3, -0.25) is 4.98 Å². The molecule has 0 saturated carbocycles. The maximum absolute atomic E-state index is 13.9. The number of fused-ring (bicyclic) bond motifs is 7. The zero-order valence-electron chi connectivity index (χ0n) is 22.9. The van der Waals surface area contributed by atoms with Gasteiger partial charge in [0.05, 0.1) is 27.7 Å². The van der Waals surface area contributed by atoms with Crippen molar-refractivity contribution >= 4 is 48.9 Å². The lowest BCUT2D eigenvalue weighted by molar-refractivity contribution is -0.210. The molecule has 0 fully saturated rings. The predicted molar refractivity (Wildman–Crippen MR) is 159 cm³/mol. The maximum atomic E-state index is 13.9. The van der Waals surface area contributed by atoms with Gasteiger partial charge in [-0.2, -0.15) is 13.2 Å². The summed E-state index contributed by atoms with van der Waals surface area (Å²) in [6.45, 7) is 6.98. The lowest BCUT2D eigenvalue weighted by Crippen LogP contribution is -2.34. The number of aromatic nitrogens is 2. The Morgan fingerprint density at radius 3 is 2.25 bits per heavy atom. The summed E-state index contributed by atoms with van der Waals surface area (Å²) >= 11 is 0. The molecule has 0 atom stereocenters. The fourth-order valence-corrected chi connectivity index (χ4v) is 6.43. The van der Waals surface area contributed by atoms with E-state index in [9.17, 15) is 13.2 Å². The zero-order valence-corrected chi connectivity index (χ0v) is 22.9. The van der Waals surface area contributed by atoms with Gasteiger partial charge in [-0.15, -0.1) is 0 Å². The van der Waals surface area contributed by atoms with Crippen molar-refractivity contribution < 1.29 is 13.2 Å². The average Bonchev–Trinajstić information content (AvgIpc) is 3.44. The molecule has 0 bridgehead atoms. The zero-order chi connectivity index (χ0) is 28.0. The summed E-state index contributed by atoms with van der Waals surface area (Å²) in [5, 5.41) is 6.44. The van der Waals surface area contributed by atoms with Crippen LogP contribution in [0, 0.1) is 5.41 Å². The van der Waals surface area contributed by atoms with Crippen molar-refractivity contribution in [3.63, 3.8) is 0 Å². The second kappa shape index (κ2) is 8.44. The number of alkyl halides is 3. The van der Waals surface area contributed by atoms with Gasteiger partial charge in [-0.05, 0) is 58.5 Å². The normalized spacial score (nSPS) is 13.2. The lowest BCUT2D eigenvalue weighted by Gasteiger charge is -2.28. The average molecular weight is 535 g/mol. The highest BCUT2D eigenvalue weighted by Crippen LogP contribution is 2.46. The third kappa shape index (κ3) is 3.46. The number of hydrogen-bond acceptors (Lipinski definition) is 1. The minimum absolute atomic E-state index is 0.0909. The first-order valence-electron chi connectivity index (χ1n) is 13.7. The highest BCUT2D eigenvalue weighted by atomic mass is 19.4. The van der Waals surface area contributed by atoms with Crippen molar-refractivity contribution in [3.05, 3.63) is 96.2 Å². The minimum Gasteiger partial charge on any atom is -0.306 e. The molecule has 4 aromatic carbocycles. The van der Waals surface area contributed by atoms with E-state index in [1.54, 1.807) is 0 Å². The molecule has 0 radical (unpaired) electrons. The quantitative estimate of drug-likeness (QED) is 0.220. The van der Waals surface area contributed by atoms with Crippen molar-refractivity contribution in [2.75, 3.05) is 0 Å². The number of nitrogens with zero attached hydrogens (tertiary/aromatic N) is 2. The Bertz CT molecular complexity index is 2080. The van der Waals surface area contributed by atoms with Crippen molar-refractivity contribution in [1.82, 2.24) is 9.38 Å². The maximum Gasteiger partial charge on any atom is 0.394 e. The molecule has 0 aliphatic rings. The molecular formula is C35H29F3N2. The van der Waals surface area contributed by atoms with Crippen molar-refractivity contribution in [2.45, 2.75) is 46.2 Å². The molecule has 0 aliphatic heterocycles. The number of hydrogen-bond donors (Lipinski definition) is 0. The molecule has 0 amide bonds. The van der Waals surface area contributed by atoms with E-state index in [0.29, 0.717) is 11.5 Å². The van der Waals surface area contributed by atoms with E-state index in [1.807, 2.05) is 42.6 Å². The number of halogens is 3. The van der Waals surface area contributed by atoms with Crippen LogP contribution in [0.1, 0.15) is 44.7 Å². The van der Waals surface area contributed by atoms with E-state index in [2.05, 4.69) is 60.7 Å². The molecule has 40 heavy (non-hydrogen) atoms. The van der Waals surface area contributed by atoms with Crippen LogP contribution in [0.25, 0.3) is 60.1 Å². The summed E-state index contributed by atoms with van der Waals surface area (Å²) in [5.41, 5.74) is 4.98.